The molecule has 0 radical (unpaired) electrons. The fourth-order valence-electron chi connectivity index (χ4n) is 1.90. The number of anilines is 1. The second-order valence-electron chi connectivity index (χ2n) is 4.83. The summed E-state index contributed by atoms with van der Waals surface area (Å²) in [4.78, 5) is 22.3. The third-order valence-corrected chi connectivity index (χ3v) is 3.38. The zero-order valence-corrected chi connectivity index (χ0v) is 12.4. The first-order valence-electron chi connectivity index (χ1n) is 6.03. The molecule has 5 nitrogen and oxygen atoms in total. The van der Waals surface area contributed by atoms with E-state index < -0.39 is 0 Å². The number of carbonyl (C=O) groups is 1. The predicted octanol–water partition coefficient (Wildman–Crippen LogP) is 2.01. The van der Waals surface area contributed by atoms with E-state index in [4.69, 9.17) is 0 Å². The Morgan fingerprint density at radius 2 is 2.22 bits per heavy atom. The molecule has 0 spiro atoms. The van der Waals surface area contributed by atoms with Crippen LogP contribution in [0.5, 0.6) is 0 Å². The lowest BCUT2D eigenvalue weighted by molar-refractivity contribution is -0.127. The Bertz CT molecular complexity index is 463. The standard InChI is InChI=1S/C12H17BrN4O/c1-7(2)11-15-9(13)6-10(16-11)14-8-4-5-17(3)12(8)18/h6-8H,4-5H2,1-3H3,(H,14,15,16). The van der Waals surface area contributed by atoms with E-state index in [9.17, 15) is 4.79 Å². The molecule has 1 fully saturated rings. The van der Waals surface area contributed by atoms with E-state index in [1.807, 2.05) is 20.9 Å². The Morgan fingerprint density at radius 1 is 1.50 bits per heavy atom. The van der Waals surface area contributed by atoms with Crippen LogP contribution in [0.25, 0.3) is 0 Å². The summed E-state index contributed by atoms with van der Waals surface area (Å²) in [5.74, 6) is 1.85. The lowest BCUT2D eigenvalue weighted by atomic mass is 10.2. The van der Waals surface area contributed by atoms with Crippen molar-refractivity contribution in [2.24, 2.45) is 0 Å². The SMILES string of the molecule is CC(C)c1nc(Br)cc(NC2CCN(C)C2=O)n1. The summed E-state index contributed by atoms with van der Waals surface area (Å²) in [5.41, 5.74) is 0. The number of nitrogens with one attached hydrogen (secondary N) is 1. The Hall–Kier alpha value is -1.17. The van der Waals surface area contributed by atoms with Crippen molar-refractivity contribution in [2.45, 2.75) is 32.2 Å². The number of likely N-dealkylation sites (tertiary alicyclic amines) is 1. The van der Waals surface area contributed by atoms with Crippen LogP contribution in [0.1, 0.15) is 32.0 Å². The molecular formula is C12H17BrN4O. The Morgan fingerprint density at radius 3 is 2.78 bits per heavy atom. The van der Waals surface area contributed by atoms with Gasteiger partial charge in [-0.3, -0.25) is 4.79 Å². The molecule has 1 N–H and O–H groups in total. The van der Waals surface area contributed by atoms with Gasteiger partial charge >= 0.3 is 0 Å². The topological polar surface area (TPSA) is 58.1 Å². The number of rotatable bonds is 3. The second kappa shape index (κ2) is 5.22. The molecule has 1 amide bonds. The largest absolute Gasteiger partial charge is 0.358 e. The van der Waals surface area contributed by atoms with Crippen molar-refractivity contribution < 1.29 is 4.79 Å². The summed E-state index contributed by atoms with van der Waals surface area (Å²) in [6, 6.07) is 1.63. The number of nitrogens with zero attached hydrogens (tertiary/aromatic N) is 3. The molecule has 2 heterocycles. The molecule has 18 heavy (non-hydrogen) atoms. The fraction of sp³-hybridized carbons (Fsp3) is 0.583. The van der Waals surface area contributed by atoms with Crippen molar-refractivity contribution in [3.05, 3.63) is 16.5 Å². The normalized spacial score (nSPS) is 19.7. The van der Waals surface area contributed by atoms with Crippen LogP contribution in [-0.4, -0.2) is 40.4 Å². The first-order valence-corrected chi connectivity index (χ1v) is 6.82. The van der Waals surface area contributed by atoms with Gasteiger partial charge in [0.2, 0.25) is 5.91 Å². The lowest BCUT2D eigenvalue weighted by Crippen LogP contribution is -2.31. The lowest BCUT2D eigenvalue weighted by Gasteiger charge is -2.14. The van der Waals surface area contributed by atoms with Crippen LogP contribution in [0.2, 0.25) is 0 Å². The highest BCUT2D eigenvalue weighted by atomic mass is 79.9. The molecule has 1 atom stereocenters. The summed E-state index contributed by atoms with van der Waals surface area (Å²) >= 11 is 3.37. The van der Waals surface area contributed by atoms with Crippen molar-refractivity contribution in [1.29, 1.82) is 0 Å². The van der Waals surface area contributed by atoms with Gasteiger partial charge < -0.3 is 10.2 Å². The molecule has 0 bridgehead atoms. The van der Waals surface area contributed by atoms with E-state index in [-0.39, 0.29) is 17.9 Å². The minimum atomic E-state index is -0.170. The van der Waals surface area contributed by atoms with Gasteiger partial charge in [-0.15, -0.1) is 0 Å². The molecule has 1 aromatic heterocycles. The maximum absolute atomic E-state index is 11.8. The second-order valence-corrected chi connectivity index (χ2v) is 5.65. The summed E-state index contributed by atoms with van der Waals surface area (Å²) in [5, 5.41) is 3.18. The van der Waals surface area contributed by atoms with Gasteiger partial charge in [0.15, 0.2) is 0 Å². The number of carbonyl (C=O) groups excluding carboxylic acids is 1. The van der Waals surface area contributed by atoms with Crippen molar-refractivity contribution in [3.63, 3.8) is 0 Å². The average molecular weight is 313 g/mol. The average Bonchev–Trinajstić information content (AvgIpc) is 2.60. The third kappa shape index (κ3) is 2.80. The Kier molecular flexibility index (Phi) is 3.85. The van der Waals surface area contributed by atoms with Gasteiger partial charge in [0, 0.05) is 25.6 Å². The van der Waals surface area contributed by atoms with E-state index in [1.165, 1.54) is 0 Å². The minimum absolute atomic E-state index is 0.121. The quantitative estimate of drug-likeness (QED) is 0.867. The summed E-state index contributed by atoms with van der Waals surface area (Å²) in [7, 11) is 1.82. The van der Waals surface area contributed by atoms with Crippen LogP contribution in [0.15, 0.2) is 10.7 Å². The van der Waals surface area contributed by atoms with Crippen LogP contribution >= 0.6 is 15.9 Å². The first kappa shape index (κ1) is 13.3. The highest BCUT2D eigenvalue weighted by molar-refractivity contribution is 9.10. The van der Waals surface area contributed by atoms with Gasteiger partial charge in [-0.05, 0) is 22.4 Å². The zero-order valence-electron chi connectivity index (χ0n) is 10.8. The summed E-state index contributed by atoms with van der Waals surface area (Å²) in [6.07, 6.45) is 0.813. The number of aromatic nitrogens is 2. The zero-order chi connectivity index (χ0) is 13.3. The molecule has 1 aliphatic heterocycles. The van der Waals surface area contributed by atoms with Gasteiger partial charge in [0.05, 0.1) is 0 Å². The number of amides is 1. The van der Waals surface area contributed by atoms with E-state index in [1.54, 1.807) is 11.0 Å². The molecule has 0 saturated carbocycles. The highest BCUT2D eigenvalue weighted by Crippen LogP contribution is 2.20. The van der Waals surface area contributed by atoms with Gasteiger partial charge in [-0.1, -0.05) is 13.8 Å². The molecule has 6 heteroatoms. The van der Waals surface area contributed by atoms with E-state index in [0.29, 0.717) is 5.82 Å². The Labute approximate surface area is 115 Å². The molecule has 0 aliphatic carbocycles. The van der Waals surface area contributed by atoms with Gasteiger partial charge in [0.25, 0.3) is 0 Å². The molecular weight excluding hydrogens is 296 g/mol. The van der Waals surface area contributed by atoms with Crippen LogP contribution in [-0.2, 0) is 4.79 Å². The summed E-state index contributed by atoms with van der Waals surface area (Å²) < 4.78 is 0.738. The minimum Gasteiger partial charge on any atom is -0.358 e. The molecule has 1 unspecified atom stereocenters. The number of hydrogen-bond acceptors (Lipinski definition) is 4. The van der Waals surface area contributed by atoms with Crippen molar-refractivity contribution >= 4 is 27.7 Å². The van der Waals surface area contributed by atoms with E-state index in [2.05, 4.69) is 31.2 Å². The van der Waals surface area contributed by atoms with Gasteiger partial charge in [0.1, 0.15) is 22.3 Å². The first-order chi connectivity index (χ1) is 8.47. The fourth-order valence-corrected chi connectivity index (χ4v) is 2.30. The number of likely N-dealkylation sites (N-methyl/N-ethyl adjacent to an activating group) is 1. The van der Waals surface area contributed by atoms with Crippen molar-refractivity contribution in [3.8, 4) is 0 Å². The smallest absolute Gasteiger partial charge is 0.244 e. The van der Waals surface area contributed by atoms with Crippen LogP contribution < -0.4 is 5.32 Å². The maximum Gasteiger partial charge on any atom is 0.244 e. The van der Waals surface area contributed by atoms with E-state index in [0.717, 1.165) is 23.4 Å². The van der Waals surface area contributed by atoms with Crippen LogP contribution in [0.4, 0.5) is 5.82 Å². The molecule has 98 valence electrons. The number of halogens is 1. The van der Waals surface area contributed by atoms with Crippen molar-refractivity contribution in [2.75, 3.05) is 18.9 Å². The molecule has 1 aromatic rings. The predicted molar refractivity (Wildman–Crippen MR) is 73.5 cm³/mol. The van der Waals surface area contributed by atoms with Crippen LogP contribution in [0.3, 0.4) is 0 Å². The molecule has 1 saturated heterocycles. The molecule has 1 aliphatic rings. The summed E-state index contributed by atoms with van der Waals surface area (Å²) in [6.45, 7) is 4.87. The third-order valence-electron chi connectivity index (χ3n) is 2.98. The van der Waals surface area contributed by atoms with Crippen molar-refractivity contribution in [1.82, 2.24) is 14.9 Å². The monoisotopic (exact) mass is 312 g/mol. The Balaban J connectivity index is 2.17. The maximum atomic E-state index is 11.8. The van der Waals surface area contributed by atoms with Gasteiger partial charge in [-0.2, -0.15) is 0 Å². The van der Waals surface area contributed by atoms with E-state index >= 15 is 0 Å². The van der Waals surface area contributed by atoms with Gasteiger partial charge in [-0.25, -0.2) is 9.97 Å². The van der Waals surface area contributed by atoms with Crippen LogP contribution in [0, 0.1) is 0 Å². The molecule has 0 aromatic carbocycles. The molecule has 2 rings (SSSR count). The highest BCUT2D eigenvalue weighted by Gasteiger charge is 2.29. The number of hydrogen-bond donors (Lipinski definition) is 1.